The van der Waals surface area contributed by atoms with Crippen molar-refractivity contribution in [2.75, 3.05) is 6.54 Å². The summed E-state index contributed by atoms with van der Waals surface area (Å²) in [6.45, 7) is 2.74. The summed E-state index contributed by atoms with van der Waals surface area (Å²) >= 11 is 1.58. The van der Waals surface area contributed by atoms with Gasteiger partial charge < -0.3 is 0 Å². The number of tetrazole rings is 1. The number of hydrogen-bond donors (Lipinski definition) is 0. The number of nitrogens with zero attached hydrogens (tertiary/aromatic N) is 5. The third-order valence-corrected chi connectivity index (χ3v) is 8.08. The Balaban J connectivity index is 1.60. The van der Waals surface area contributed by atoms with E-state index in [9.17, 15) is 8.42 Å². The number of benzene rings is 1. The molecule has 0 N–H and O–H groups in total. The average Bonchev–Trinajstić information content (AvgIpc) is 3.46. The molecule has 7 nitrogen and oxygen atoms in total. The van der Waals surface area contributed by atoms with E-state index >= 15 is 0 Å². The molecule has 0 atom stereocenters. The Hall–Kier alpha value is -2.36. The van der Waals surface area contributed by atoms with E-state index in [2.05, 4.69) is 21.6 Å². The van der Waals surface area contributed by atoms with Crippen molar-refractivity contribution in [3.05, 3.63) is 64.1 Å². The van der Waals surface area contributed by atoms with Gasteiger partial charge in [0.25, 0.3) is 0 Å². The molecule has 0 aliphatic heterocycles. The Morgan fingerprint density at radius 2 is 2.13 bits per heavy atom. The molecular formula is C21H25N5O2S2. The molecule has 1 aliphatic carbocycles. The zero-order chi connectivity index (χ0) is 21.0. The molecule has 2 heterocycles. The molecule has 1 aromatic carbocycles. The Labute approximate surface area is 181 Å². The van der Waals surface area contributed by atoms with Crippen molar-refractivity contribution in [2.24, 2.45) is 0 Å². The van der Waals surface area contributed by atoms with E-state index in [1.54, 1.807) is 33.8 Å². The molecule has 0 radical (unpaired) electrons. The molecule has 4 rings (SSSR count). The summed E-state index contributed by atoms with van der Waals surface area (Å²) in [6.07, 6.45) is 9.17. The van der Waals surface area contributed by atoms with E-state index in [1.165, 1.54) is 29.4 Å². The van der Waals surface area contributed by atoms with Crippen molar-refractivity contribution in [3.8, 4) is 5.69 Å². The fourth-order valence-electron chi connectivity index (χ4n) is 3.73. The van der Waals surface area contributed by atoms with Gasteiger partial charge >= 0.3 is 0 Å². The van der Waals surface area contributed by atoms with Crippen LogP contribution in [0.15, 0.2) is 58.6 Å². The molecule has 158 valence electrons. The summed E-state index contributed by atoms with van der Waals surface area (Å²) in [6, 6.07) is 9.04. The molecule has 2 aromatic heterocycles. The molecule has 3 aromatic rings. The van der Waals surface area contributed by atoms with Gasteiger partial charge in [-0.25, -0.2) is 13.1 Å². The summed E-state index contributed by atoms with van der Waals surface area (Å²) in [5.41, 5.74) is 2.93. The van der Waals surface area contributed by atoms with E-state index in [4.69, 9.17) is 0 Å². The summed E-state index contributed by atoms with van der Waals surface area (Å²) in [7, 11) is -3.63. The van der Waals surface area contributed by atoms with Crippen molar-refractivity contribution < 1.29 is 8.42 Å². The fourth-order valence-corrected chi connectivity index (χ4v) is 6.03. The van der Waals surface area contributed by atoms with Crippen molar-refractivity contribution in [1.82, 2.24) is 24.5 Å². The van der Waals surface area contributed by atoms with Crippen molar-refractivity contribution >= 4 is 21.4 Å². The molecule has 0 saturated heterocycles. The van der Waals surface area contributed by atoms with Gasteiger partial charge in [-0.15, -0.1) is 16.4 Å². The summed E-state index contributed by atoms with van der Waals surface area (Å²) in [4.78, 5) is 1.34. The number of thiophene rings is 1. The van der Waals surface area contributed by atoms with Crippen LogP contribution in [0.25, 0.3) is 5.69 Å². The third kappa shape index (κ3) is 4.69. The molecule has 0 saturated carbocycles. The van der Waals surface area contributed by atoms with Crippen LogP contribution in [-0.2, 0) is 16.6 Å². The number of rotatable bonds is 8. The molecule has 0 unspecified atom stereocenters. The molecule has 30 heavy (non-hydrogen) atoms. The highest BCUT2D eigenvalue weighted by Crippen LogP contribution is 2.26. The van der Waals surface area contributed by atoms with Crippen LogP contribution in [0.5, 0.6) is 0 Å². The van der Waals surface area contributed by atoms with Crippen LogP contribution < -0.4 is 0 Å². The van der Waals surface area contributed by atoms with Crippen LogP contribution in [0.3, 0.4) is 0 Å². The van der Waals surface area contributed by atoms with Crippen molar-refractivity contribution in [2.45, 2.75) is 50.5 Å². The number of aromatic nitrogens is 4. The van der Waals surface area contributed by atoms with Crippen molar-refractivity contribution in [1.29, 1.82) is 0 Å². The first kappa shape index (κ1) is 20.9. The number of aryl methyl sites for hydroxylation is 1. The predicted octanol–water partition coefficient (Wildman–Crippen LogP) is 4.11. The lowest BCUT2D eigenvalue weighted by atomic mass is 9.97. The maximum absolute atomic E-state index is 13.5. The SMILES string of the molecule is Cc1cc(S(=O)(=O)N(CCC2=CCCCC2)Cc2cccs2)ccc1-n1cnnn1. The highest BCUT2D eigenvalue weighted by Gasteiger charge is 2.26. The van der Waals surface area contributed by atoms with Gasteiger partial charge in [-0.05, 0) is 84.7 Å². The van der Waals surface area contributed by atoms with Crippen molar-refractivity contribution in [3.63, 3.8) is 0 Å². The van der Waals surface area contributed by atoms with Gasteiger partial charge in [0.2, 0.25) is 10.0 Å². The summed E-state index contributed by atoms with van der Waals surface area (Å²) < 4.78 is 30.2. The Morgan fingerprint density at radius 1 is 1.23 bits per heavy atom. The number of hydrogen-bond acceptors (Lipinski definition) is 6. The highest BCUT2D eigenvalue weighted by molar-refractivity contribution is 7.89. The van der Waals surface area contributed by atoms with E-state index in [0.29, 0.717) is 18.0 Å². The molecule has 0 fully saturated rings. The Kier molecular flexibility index (Phi) is 6.40. The largest absolute Gasteiger partial charge is 0.243 e. The van der Waals surface area contributed by atoms with Crippen LogP contribution in [-0.4, -0.2) is 39.5 Å². The topological polar surface area (TPSA) is 81.0 Å². The second-order valence-electron chi connectivity index (χ2n) is 7.48. The van der Waals surface area contributed by atoms with E-state index in [1.807, 2.05) is 24.4 Å². The maximum Gasteiger partial charge on any atom is 0.243 e. The van der Waals surface area contributed by atoms with Crippen LogP contribution in [0.1, 0.15) is 42.5 Å². The fraction of sp³-hybridized carbons (Fsp3) is 0.381. The average molecular weight is 444 g/mol. The third-order valence-electron chi connectivity index (χ3n) is 5.38. The zero-order valence-corrected chi connectivity index (χ0v) is 18.6. The molecule has 0 amide bonds. The van der Waals surface area contributed by atoms with Gasteiger partial charge in [-0.3, -0.25) is 0 Å². The van der Waals surface area contributed by atoms with Gasteiger partial charge in [0.05, 0.1) is 10.6 Å². The van der Waals surface area contributed by atoms with E-state index in [0.717, 1.165) is 35.4 Å². The Bertz CT molecular complexity index is 1110. The lowest BCUT2D eigenvalue weighted by molar-refractivity contribution is 0.408. The van der Waals surface area contributed by atoms with Crippen LogP contribution >= 0.6 is 11.3 Å². The van der Waals surface area contributed by atoms with Gasteiger partial charge in [0, 0.05) is 18.0 Å². The first-order chi connectivity index (χ1) is 14.5. The molecule has 1 aliphatic rings. The predicted molar refractivity (Wildman–Crippen MR) is 117 cm³/mol. The molecule has 9 heteroatoms. The first-order valence-electron chi connectivity index (χ1n) is 10.1. The second kappa shape index (κ2) is 9.20. The minimum absolute atomic E-state index is 0.297. The summed E-state index contributed by atoms with van der Waals surface area (Å²) in [5, 5.41) is 13.2. The molecular weight excluding hydrogens is 418 g/mol. The standard InChI is InChI=1S/C21H25N5O2S2/c1-17-14-20(9-10-21(17)26-16-22-23-24-26)30(27,28)25(15-19-8-5-13-29-19)12-11-18-6-3-2-4-7-18/h5-6,8-10,13-14,16H,2-4,7,11-12,15H2,1H3. The minimum Gasteiger partial charge on any atom is -0.207 e. The smallest absolute Gasteiger partial charge is 0.207 e. The minimum atomic E-state index is -3.63. The molecule has 0 bridgehead atoms. The van der Waals surface area contributed by atoms with Crippen LogP contribution in [0.2, 0.25) is 0 Å². The zero-order valence-electron chi connectivity index (χ0n) is 16.9. The second-order valence-corrected chi connectivity index (χ2v) is 10.4. The number of allylic oxidation sites excluding steroid dienone is 1. The number of sulfonamides is 1. The van der Waals surface area contributed by atoms with Gasteiger partial charge in [0.15, 0.2) is 0 Å². The van der Waals surface area contributed by atoms with Crippen LogP contribution in [0, 0.1) is 6.92 Å². The molecule has 0 spiro atoms. The lowest BCUT2D eigenvalue weighted by Crippen LogP contribution is -2.31. The summed E-state index contributed by atoms with van der Waals surface area (Å²) in [5.74, 6) is 0. The first-order valence-corrected chi connectivity index (χ1v) is 12.4. The van der Waals surface area contributed by atoms with Gasteiger partial charge in [0.1, 0.15) is 6.33 Å². The monoisotopic (exact) mass is 443 g/mol. The Morgan fingerprint density at radius 3 is 2.80 bits per heavy atom. The lowest BCUT2D eigenvalue weighted by Gasteiger charge is -2.23. The maximum atomic E-state index is 13.5. The van der Waals surface area contributed by atoms with Gasteiger partial charge in [-0.1, -0.05) is 17.7 Å². The van der Waals surface area contributed by atoms with E-state index in [-0.39, 0.29) is 0 Å². The van der Waals surface area contributed by atoms with E-state index < -0.39 is 10.0 Å². The highest BCUT2D eigenvalue weighted by atomic mass is 32.2. The van der Waals surface area contributed by atoms with Gasteiger partial charge in [-0.2, -0.15) is 4.31 Å². The van der Waals surface area contributed by atoms with Crippen LogP contribution in [0.4, 0.5) is 0 Å². The quantitative estimate of drug-likeness (QED) is 0.489. The normalized spacial score (nSPS) is 14.8.